The summed E-state index contributed by atoms with van der Waals surface area (Å²) in [7, 11) is -2.32. The maximum absolute atomic E-state index is 13.6. The lowest BCUT2D eigenvalue weighted by molar-refractivity contribution is -0.117. The molecule has 0 saturated heterocycles. The van der Waals surface area contributed by atoms with Crippen LogP contribution in [0.4, 0.5) is 11.4 Å². The number of rotatable bonds is 7. The summed E-state index contributed by atoms with van der Waals surface area (Å²) in [4.78, 5) is 41.0. The molecule has 198 valence electrons. The molecule has 1 aliphatic heterocycles. The van der Waals surface area contributed by atoms with Crippen molar-refractivity contribution in [3.63, 3.8) is 0 Å². The van der Waals surface area contributed by atoms with E-state index in [0.717, 1.165) is 5.56 Å². The highest BCUT2D eigenvalue weighted by Crippen LogP contribution is 2.43. The number of sulfone groups is 1. The predicted octanol–water partition coefficient (Wildman–Crippen LogP) is 3.49. The summed E-state index contributed by atoms with van der Waals surface area (Å²) in [6.45, 7) is 3.38. The van der Waals surface area contributed by atoms with Crippen molar-refractivity contribution in [1.29, 1.82) is 0 Å². The van der Waals surface area contributed by atoms with Crippen LogP contribution in [-0.2, 0) is 19.4 Å². The normalized spacial score (nSPS) is 16.9. The van der Waals surface area contributed by atoms with Gasteiger partial charge in [-0.1, -0.05) is 18.2 Å². The number of methoxy groups -OCH3 is 1. The van der Waals surface area contributed by atoms with E-state index in [-0.39, 0.29) is 22.8 Å². The topological polar surface area (TPSA) is 127 Å². The van der Waals surface area contributed by atoms with E-state index in [1.54, 1.807) is 41.2 Å². The average Bonchev–Trinajstić information content (AvgIpc) is 2.88. The van der Waals surface area contributed by atoms with Gasteiger partial charge in [0.1, 0.15) is 11.5 Å². The van der Waals surface area contributed by atoms with E-state index in [9.17, 15) is 22.8 Å². The van der Waals surface area contributed by atoms with Crippen LogP contribution in [0.25, 0.3) is 0 Å². The van der Waals surface area contributed by atoms with Crippen LogP contribution in [0.1, 0.15) is 42.2 Å². The molecule has 0 aromatic heterocycles. The van der Waals surface area contributed by atoms with E-state index >= 15 is 0 Å². The maximum Gasteiger partial charge on any atom is 0.258 e. The van der Waals surface area contributed by atoms with Gasteiger partial charge >= 0.3 is 0 Å². The molecule has 3 aromatic carbocycles. The summed E-state index contributed by atoms with van der Waals surface area (Å²) in [5, 5.41) is 0. The second-order valence-corrected chi connectivity index (χ2v) is 11.2. The zero-order valence-electron chi connectivity index (χ0n) is 21.3. The van der Waals surface area contributed by atoms with Crippen LogP contribution < -0.4 is 20.3 Å². The van der Waals surface area contributed by atoms with Crippen LogP contribution >= 0.6 is 0 Å². The molecule has 4 rings (SSSR count). The number of hydrogen-bond donors (Lipinski definition) is 1. The van der Waals surface area contributed by atoms with Crippen molar-refractivity contribution in [2.75, 3.05) is 22.7 Å². The van der Waals surface area contributed by atoms with Crippen LogP contribution in [0.3, 0.4) is 0 Å². The second-order valence-electron chi connectivity index (χ2n) is 9.17. The molecule has 38 heavy (non-hydrogen) atoms. The Morgan fingerprint density at radius 2 is 1.63 bits per heavy atom. The molecule has 0 spiro atoms. The van der Waals surface area contributed by atoms with Crippen molar-refractivity contribution in [3.8, 4) is 5.75 Å². The van der Waals surface area contributed by atoms with E-state index in [1.165, 1.54) is 31.2 Å². The molecule has 1 heterocycles. The van der Waals surface area contributed by atoms with Gasteiger partial charge in [0.05, 0.1) is 18.0 Å². The van der Waals surface area contributed by atoms with Gasteiger partial charge < -0.3 is 20.3 Å². The first-order valence-corrected chi connectivity index (χ1v) is 13.7. The Kier molecular flexibility index (Phi) is 7.54. The number of nitrogens with two attached hydrogens (primary N) is 1. The number of carbonyl (C=O) groups excluding carboxylic acids is 3. The first kappa shape index (κ1) is 26.9. The minimum atomic E-state index is -3.88. The monoisotopic (exact) mass is 535 g/mol. The quantitative estimate of drug-likeness (QED) is 0.493. The van der Waals surface area contributed by atoms with Crippen LogP contribution in [-0.4, -0.2) is 45.0 Å². The highest BCUT2D eigenvalue weighted by Gasteiger charge is 2.38. The molecule has 9 nitrogen and oxygen atoms in total. The molecule has 0 radical (unpaired) electrons. The Morgan fingerprint density at radius 3 is 2.21 bits per heavy atom. The van der Waals surface area contributed by atoms with E-state index in [4.69, 9.17) is 10.5 Å². The molecule has 2 N–H and O–H groups in total. The van der Waals surface area contributed by atoms with Gasteiger partial charge in [0, 0.05) is 29.9 Å². The highest BCUT2D eigenvalue weighted by molar-refractivity contribution is 7.92. The van der Waals surface area contributed by atoms with E-state index in [1.807, 2.05) is 31.2 Å². The van der Waals surface area contributed by atoms with Crippen LogP contribution in [0.2, 0.25) is 0 Å². The smallest absolute Gasteiger partial charge is 0.258 e. The fraction of sp³-hybridized carbons (Fsp3) is 0.250. The number of amides is 3. The van der Waals surface area contributed by atoms with Gasteiger partial charge in [-0.2, -0.15) is 0 Å². The van der Waals surface area contributed by atoms with Crippen molar-refractivity contribution in [2.45, 2.75) is 37.2 Å². The van der Waals surface area contributed by atoms with Gasteiger partial charge in [-0.25, -0.2) is 8.42 Å². The van der Waals surface area contributed by atoms with Gasteiger partial charge in [0.25, 0.3) is 5.91 Å². The Balaban J connectivity index is 1.71. The van der Waals surface area contributed by atoms with Crippen LogP contribution in [0, 0.1) is 0 Å². The summed E-state index contributed by atoms with van der Waals surface area (Å²) < 4.78 is 30.0. The Labute approximate surface area is 221 Å². The fourth-order valence-electron chi connectivity index (χ4n) is 4.87. The lowest BCUT2D eigenvalue weighted by atomic mass is 9.89. The molecule has 2 atom stereocenters. The van der Waals surface area contributed by atoms with E-state index < -0.39 is 27.5 Å². The molecular formula is C28H29N3O6S. The molecule has 0 fully saturated rings. The number of anilines is 2. The zero-order chi connectivity index (χ0) is 27.6. The highest BCUT2D eigenvalue weighted by atomic mass is 32.2. The molecule has 3 aromatic rings. The van der Waals surface area contributed by atoms with Gasteiger partial charge in [-0.3, -0.25) is 14.4 Å². The number of primary amides is 1. The molecule has 0 bridgehead atoms. The van der Waals surface area contributed by atoms with Crippen LogP contribution in [0.15, 0.2) is 77.7 Å². The average molecular weight is 536 g/mol. The van der Waals surface area contributed by atoms with Crippen molar-refractivity contribution in [1.82, 2.24) is 0 Å². The summed E-state index contributed by atoms with van der Waals surface area (Å²) in [6, 6.07) is 19.5. The first-order chi connectivity index (χ1) is 18.0. The molecule has 0 aliphatic carbocycles. The summed E-state index contributed by atoms with van der Waals surface area (Å²) in [6.07, 6.45) is 0.459. The Bertz CT molecular complexity index is 1470. The molecule has 3 amide bonds. The van der Waals surface area contributed by atoms with Crippen molar-refractivity contribution < 1.29 is 27.5 Å². The van der Waals surface area contributed by atoms with Crippen molar-refractivity contribution in [3.05, 3.63) is 83.9 Å². The van der Waals surface area contributed by atoms with Gasteiger partial charge in [-0.15, -0.1) is 0 Å². The largest absolute Gasteiger partial charge is 0.497 e. The van der Waals surface area contributed by atoms with Crippen molar-refractivity contribution in [2.24, 2.45) is 5.73 Å². The number of nitrogens with zero attached hydrogens (tertiary/aromatic N) is 2. The summed E-state index contributed by atoms with van der Waals surface area (Å²) >= 11 is 0. The predicted molar refractivity (Wildman–Crippen MR) is 144 cm³/mol. The lowest BCUT2D eigenvalue weighted by Crippen LogP contribution is -2.47. The maximum atomic E-state index is 13.6. The molecule has 0 unspecified atom stereocenters. The zero-order valence-corrected chi connectivity index (χ0v) is 22.1. The molecule has 0 saturated carbocycles. The SMILES string of the molecule is COc1ccc(C(=O)N2c3ccccc3[C@H](N(C(C)=O)c3ccc(S(=O)(=O)CC(N)=O)cc3)C[C@@H]2C)cc1. The number of hydrogen-bond acceptors (Lipinski definition) is 6. The van der Waals surface area contributed by atoms with E-state index in [0.29, 0.717) is 29.1 Å². The number of ether oxygens (including phenoxy) is 1. The van der Waals surface area contributed by atoms with Crippen LogP contribution in [0.5, 0.6) is 5.75 Å². The molecule has 1 aliphatic rings. The fourth-order valence-corrected chi connectivity index (χ4v) is 5.97. The van der Waals surface area contributed by atoms with Gasteiger partial charge in [-0.05, 0) is 73.5 Å². The van der Waals surface area contributed by atoms with Gasteiger partial charge in [0.15, 0.2) is 9.84 Å². The number of para-hydroxylation sites is 1. The minimum Gasteiger partial charge on any atom is -0.497 e. The standard InChI is InChI=1S/C28H29N3O6S/c1-18-16-26(31(19(2)32)21-10-14-23(15-11-21)38(35,36)17-27(29)33)24-6-4-5-7-25(24)30(18)28(34)20-8-12-22(37-3)13-9-20/h4-15,18,26H,16-17H2,1-3H3,(H2,29,33)/t18-,26+/m0/s1. The third-order valence-corrected chi connectivity index (χ3v) is 8.23. The Hall–Kier alpha value is -4.18. The number of fused-ring (bicyclic) bond motifs is 1. The Morgan fingerprint density at radius 1 is 1.00 bits per heavy atom. The number of benzene rings is 3. The van der Waals surface area contributed by atoms with E-state index in [2.05, 4.69) is 0 Å². The number of carbonyl (C=O) groups is 3. The van der Waals surface area contributed by atoms with Crippen molar-refractivity contribution >= 4 is 38.9 Å². The lowest BCUT2D eigenvalue weighted by Gasteiger charge is -2.43. The van der Waals surface area contributed by atoms with Gasteiger partial charge in [0.2, 0.25) is 11.8 Å². The molecule has 10 heteroatoms. The third-order valence-electron chi connectivity index (χ3n) is 6.57. The summed E-state index contributed by atoms with van der Waals surface area (Å²) in [5.41, 5.74) is 7.58. The second kappa shape index (κ2) is 10.7. The summed E-state index contributed by atoms with van der Waals surface area (Å²) in [5.74, 6) is -1.49. The molecular weight excluding hydrogens is 506 g/mol. The third kappa shape index (κ3) is 5.26. The minimum absolute atomic E-state index is 0.0581. The first-order valence-electron chi connectivity index (χ1n) is 12.0.